The van der Waals surface area contributed by atoms with Crippen LogP contribution in [0.15, 0.2) is 43.7 Å². The Morgan fingerprint density at radius 2 is 2.27 bits per heavy atom. The molecule has 1 heterocycles. The SMILES string of the molecule is CCN=C(NS(=O)(=O)c1cccc(Br)c1)N1CC(CC)C=N1. The lowest BCUT2D eigenvalue weighted by Crippen LogP contribution is -2.41. The van der Waals surface area contributed by atoms with Crippen molar-refractivity contribution in [1.82, 2.24) is 9.73 Å². The van der Waals surface area contributed by atoms with Gasteiger partial charge < -0.3 is 0 Å². The molecule has 0 fully saturated rings. The summed E-state index contributed by atoms with van der Waals surface area (Å²) in [5.74, 6) is 0.576. The first-order chi connectivity index (χ1) is 10.5. The third-order valence-electron chi connectivity index (χ3n) is 3.23. The molecule has 0 aliphatic carbocycles. The molecule has 0 aromatic heterocycles. The first kappa shape index (κ1) is 17.0. The van der Waals surface area contributed by atoms with Crippen LogP contribution in [0, 0.1) is 5.92 Å². The van der Waals surface area contributed by atoms with E-state index in [9.17, 15) is 8.42 Å². The molecule has 1 atom stereocenters. The van der Waals surface area contributed by atoms with Gasteiger partial charge >= 0.3 is 0 Å². The van der Waals surface area contributed by atoms with Gasteiger partial charge in [-0.05, 0) is 31.5 Å². The normalized spacial score (nSPS) is 18.8. The van der Waals surface area contributed by atoms with Crippen molar-refractivity contribution in [2.45, 2.75) is 25.2 Å². The number of sulfonamides is 1. The van der Waals surface area contributed by atoms with E-state index < -0.39 is 10.0 Å². The molecule has 6 nitrogen and oxygen atoms in total. The van der Waals surface area contributed by atoms with Crippen LogP contribution in [-0.4, -0.2) is 38.7 Å². The second-order valence-electron chi connectivity index (χ2n) is 4.88. The molecule has 1 aromatic carbocycles. The zero-order valence-corrected chi connectivity index (χ0v) is 14.9. The zero-order valence-electron chi connectivity index (χ0n) is 12.5. The maximum atomic E-state index is 12.5. The molecule has 0 bridgehead atoms. The van der Waals surface area contributed by atoms with E-state index in [1.807, 2.05) is 13.1 Å². The summed E-state index contributed by atoms with van der Waals surface area (Å²) in [4.78, 5) is 4.42. The fraction of sp³-hybridized carbons (Fsp3) is 0.429. The Morgan fingerprint density at radius 3 is 2.86 bits per heavy atom. The highest BCUT2D eigenvalue weighted by Crippen LogP contribution is 2.17. The second-order valence-corrected chi connectivity index (χ2v) is 7.47. The van der Waals surface area contributed by atoms with Crippen LogP contribution in [0.3, 0.4) is 0 Å². The standard InChI is InChI=1S/C14H19BrN4O2S/c1-3-11-9-17-19(10-11)14(16-4-2)18-22(20,21)13-7-5-6-12(15)8-13/h5-9,11H,3-4,10H2,1-2H3,(H,16,18). The molecule has 1 aliphatic rings. The van der Waals surface area contributed by atoms with Gasteiger partial charge in [-0.3, -0.25) is 4.99 Å². The molecular weight excluding hydrogens is 368 g/mol. The van der Waals surface area contributed by atoms with Crippen LogP contribution in [-0.2, 0) is 10.0 Å². The Bertz CT molecular complexity index is 688. The Balaban J connectivity index is 2.21. The van der Waals surface area contributed by atoms with Crippen LogP contribution in [0.5, 0.6) is 0 Å². The number of nitrogens with one attached hydrogen (secondary N) is 1. The van der Waals surface area contributed by atoms with Gasteiger partial charge in [-0.2, -0.15) is 5.10 Å². The van der Waals surface area contributed by atoms with Gasteiger partial charge in [-0.1, -0.05) is 28.9 Å². The largest absolute Gasteiger partial charge is 0.264 e. The van der Waals surface area contributed by atoms with Gasteiger partial charge in [0.05, 0.1) is 11.4 Å². The van der Waals surface area contributed by atoms with Gasteiger partial charge in [0.25, 0.3) is 10.0 Å². The third kappa shape index (κ3) is 4.07. The summed E-state index contributed by atoms with van der Waals surface area (Å²) < 4.78 is 28.2. The van der Waals surface area contributed by atoms with Crippen molar-refractivity contribution < 1.29 is 8.42 Å². The number of guanidine groups is 1. The predicted octanol–water partition coefficient (Wildman–Crippen LogP) is 2.43. The predicted molar refractivity (Wildman–Crippen MR) is 91.4 cm³/mol. The van der Waals surface area contributed by atoms with Gasteiger partial charge in [0.15, 0.2) is 0 Å². The van der Waals surface area contributed by atoms with Crippen molar-refractivity contribution in [1.29, 1.82) is 0 Å². The molecular formula is C14H19BrN4O2S. The Morgan fingerprint density at radius 1 is 1.50 bits per heavy atom. The highest BCUT2D eigenvalue weighted by atomic mass is 79.9. The highest BCUT2D eigenvalue weighted by molar-refractivity contribution is 9.10. The molecule has 1 N–H and O–H groups in total. The number of nitrogens with zero attached hydrogens (tertiary/aromatic N) is 3. The number of aliphatic imine (C=N–C) groups is 1. The van der Waals surface area contributed by atoms with Gasteiger partial charge in [-0.25, -0.2) is 18.1 Å². The monoisotopic (exact) mass is 386 g/mol. The molecule has 1 aromatic rings. The van der Waals surface area contributed by atoms with E-state index in [0.717, 1.165) is 6.42 Å². The lowest BCUT2D eigenvalue weighted by molar-refractivity contribution is 0.429. The molecule has 1 unspecified atom stereocenters. The first-order valence-corrected chi connectivity index (χ1v) is 9.38. The van der Waals surface area contributed by atoms with E-state index in [1.54, 1.807) is 29.3 Å². The molecule has 0 amide bonds. The van der Waals surface area contributed by atoms with Crippen molar-refractivity contribution >= 4 is 38.1 Å². The number of hydrazone groups is 1. The van der Waals surface area contributed by atoms with Gasteiger partial charge in [0, 0.05) is 23.1 Å². The summed E-state index contributed by atoms with van der Waals surface area (Å²) in [6, 6.07) is 6.54. The molecule has 22 heavy (non-hydrogen) atoms. The van der Waals surface area contributed by atoms with Crippen LogP contribution < -0.4 is 4.72 Å². The summed E-state index contributed by atoms with van der Waals surface area (Å²) in [5.41, 5.74) is 0. The van der Waals surface area contributed by atoms with E-state index in [1.165, 1.54) is 0 Å². The maximum Gasteiger partial charge on any atom is 0.264 e. The van der Waals surface area contributed by atoms with E-state index in [4.69, 9.17) is 0 Å². The minimum Gasteiger partial charge on any atom is -0.251 e. The number of hydrogen-bond acceptors (Lipinski definition) is 4. The quantitative estimate of drug-likeness (QED) is 0.637. The first-order valence-electron chi connectivity index (χ1n) is 7.10. The summed E-state index contributed by atoms with van der Waals surface area (Å²) in [6.45, 7) is 5.03. The van der Waals surface area contributed by atoms with Gasteiger partial charge in [0.1, 0.15) is 0 Å². The highest BCUT2D eigenvalue weighted by Gasteiger charge is 2.24. The molecule has 8 heteroatoms. The number of rotatable bonds is 4. The lowest BCUT2D eigenvalue weighted by Gasteiger charge is -2.19. The van der Waals surface area contributed by atoms with Crippen LogP contribution in [0.4, 0.5) is 0 Å². The van der Waals surface area contributed by atoms with Crippen LogP contribution in [0.25, 0.3) is 0 Å². The van der Waals surface area contributed by atoms with Crippen molar-refractivity contribution in [2.24, 2.45) is 16.0 Å². The van der Waals surface area contributed by atoms with E-state index in [2.05, 4.69) is 37.7 Å². The van der Waals surface area contributed by atoms with Gasteiger partial charge in [0.2, 0.25) is 5.96 Å². The smallest absolute Gasteiger partial charge is 0.251 e. The Hall–Kier alpha value is -1.41. The average Bonchev–Trinajstić information content (AvgIpc) is 2.95. The maximum absolute atomic E-state index is 12.5. The van der Waals surface area contributed by atoms with E-state index in [0.29, 0.717) is 23.5 Å². The fourth-order valence-corrected chi connectivity index (χ4v) is 3.62. The molecule has 0 spiro atoms. The van der Waals surface area contributed by atoms with Crippen LogP contribution in [0.1, 0.15) is 20.3 Å². The van der Waals surface area contributed by atoms with Crippen molar-refractivity contribution in [3.05, 3.63) is 28.7 Å². The summed E-state index contributed by atoms with van der Waals surface area (Å²) >= 11 is 3.28. The molecule has 0 saturated heterocycles. The number of halogens is 1. The van der Waals surface area contributed by atoms with Crippen LogP contribution in [0.2, 0.25) is 0 Å². The second kappa shape index (κ2) is 7.23. The molecule has 1 aliphatic heterocycles. The summed E-state index contributed by atoms with van der Waals surface area (Å²) in [6.07, 6.45) is 2.79. The molecule has 120 valence electrons. The van der Waals surface area contributed by atoms with Crippen molar-refractivity contribution in [2.75, 3.05) is 13.1 Å². The van der Waals surface area contributed by atoms with Crippen LogP contribution >= 0.6 is 15.9 Å². The molecule has 2 rings (SSSR count). The number of benzene rings is 1. The summed E-state index contributed by atoms with van der Waals surface area (Å²) in [5, 5.41) is 5.85. The van der Waals surface area contributed by atoms with E-state index in [-0.39, 0.29) is 10.9 Å². The third-order valence-corrected chi connectivity index (χ3v) is 5.05. The number of hydrogen-bond donors (Lipinski definition) is 1. The topological polar surface area (TPSA) is 74.1 Å². The minimum absolute atomic E-state index is 0.181. The Kier molecular flexibility index (Phi) is 5.57. The zero-order chi connectivity index (χ0) is 16.2. The van der Waals surface area contributed by atoms with Crippen molar-refractivity contribution in [3.8, 4) is 0 Å². The summed E-state index contributed by atoms with van der Waals surface area (Å²) in [7, 11) is -3.69. The average molecular weight is 387 g/mol. The Labute approximate surface area is 139 Å². The van der Waals surface area contributed by atoms with Gasteiger partial charge in [-0.15, -0.1) is 0 Å². The van der Waals surface area contributed by atoms with Crippen molar-refractivity contribution in [3.63, 3.8) is 0 Å². The minimum atomic E-state index is -3.69. The molecule has 0 saturated carbocycles. The molecule has 0 radical (unpaired) electrons. The fourth-order valence-electron chi connectivity index (χ4n) is 2.00. The van der Waals surface area contributed by atoms with E-state index >= 15 is 0 Å². The lowest BCUT2D eigenvalue weighted by atomic mass is 10.1.